The maximum atomic E-state index is 13.0. The first kappa shape index (κ1) is 39.5. The Morgan fingerprint density at radius 3 is 1.88 bits per heavy atom. The van der Waals surface area contributed by atoms with E-state index >= 15 is 0 Å². The molecule has 0 radical (unpaired) electrons. The molecule has 0 bridgehead atoms. The summed E-state index contributed by atoms with van der Waals surface area (Å²) >= 11 is 0. The number of allylic oxidation sites excluding steroid dienone is 4. The van der Waals surface area contributed by atoms with Crippen LogP contribution in [0, 0.1) is 57.2 Å². The Hall–Kier alpha value is -3.60. The third-order valence-electron chi connectivity index (χ3n) is 19.4. The molecule has 3 aliphatic heterocycles. The fourth-order valence-electron chi connectivity index (χ4n) is 16.2. The lowest BCUT2D eigenvalue weighted by atomic mass is 9.43. The molecular weight excluding hydrogens is 753 g/mol. The molecule has 8 aliphatic carbocycles. The second-order valence-corrected chi connectivity index (χ2v) is 21.2. The molecule has 11 aliphatic rings. The zero-order valence-electron chi connectivity index (χ0n) is 35.6. The summed E-state index contributed by atoms with van der Waals surface area (Å²) in [5.41, 5.74) is 1.55. The summed E-state index contributed by atoms with van der Waals surface area (Å²) in [5.74, 6) is -0.197. The number of fused-ring (bicyclic) bond motifs is 10. The molecule has 8 fully saturated rings. The molecule has 59 heavy (non-hydrogen) atoms. The van der Waals surface area contributed by atoms with E-state index in [-0.39, 0.29) is 98.7 Å². The maximum absolute atomic E-state index is 13.0. The number of esters is 4. The first-order chi connectivity index (χ1) is 27.9. The van der Waals surface area contributed by atoms with Gasteiger partial charge in [-0.25, -0.2) is 0 Å². The van der Waals surface area contributed by atoms with Crippen LogP contribution in [0.3, 0.4) is 0 Å². The number of epoxide rings is 1. The SMILES string of the molecule is COC(=O)[C@@H]1CC2=CC(=O)CC[C@]2(C)C2=CC[C@@]3(C)[C@@H](CC[C@@]34CCC(=O)O4)[C@@H]21.COC(=O)[C@@H]1CC2=CC(=O)CC[C@]2(C)[C@@]23O[C@@H]2C[C@@]2(C)[C@@H](CC[C@@]24CCC(=O)O4)[C@H]13. The molecule has 0 N–H and O–H groups in total. The lowest BCUT2D eigenvalue weighted by Crippen LogP contribution is -2.63. The molecule has 0 aromatic heterocycles. The van der Waals surface area contributed by atoms with Crippen molar-refractivity contribution < 1.29 is 52.5 Å². The molecule has 0 aromatic rings. The highest BCUT2D eigenvalue weighted by Crippen LogP contribution is 2.78. The minimum Gasteiger partial charge on any atom is -0.469 e. The summed E-state index contributed by atoms with van der Waals surface area (Å²) in [7, 11) is 2.90. The van der Waals surface area contributed by atoms with Crippen LogP contribution in [0.4, 0.5) is 0 Å². The largest absolute Gasteiger partial charge is 0.469 e. The van der Waals surface area contributed by atoms with E-state index in [0.29, 0.717) is 38.5 Å². The van der Waals surface area contributed by atoms with Crippen LogP contribution in [0.5, 0.6) is 0 Å². The van der Waals surface area contributed by atoms with Gasteiger partial charge in [-0.2, -0.15) is 0 Å². The van der Waals surface area contributed by atoms with Crippen molar-refractivity contribution in [3.05, 3.63) is 34.9 Å². The van der Waals surface area contributed by atoms with E-state index in [1.807, 2.05) is 0 Å². The van der Waals surface area contributed by atoms with Crippen molar-refractivity contribution in [1.29, 1.82) is 0 Å². The maximum Gasteiger partial charge on any atom is 0.309 e. The summed E-state index contributed by atoms with van der Waals surface area (Å²) < 4.78 is 29.1. The van der Waals surface area contributed by atoms with Gasteiger partial charge in [0.1, 0.15) is 16.8 Å². The van der Waals surface area contributed by atoms with Crippen LogP contribution < -0.4 is 0 Å². The molecule has 11 heteroatoms. The Bertz CT molecular complexity index is 2060. The molecule has 3 saturated heterocycles. The number of methoxy groups -OCH3 is 2. The van der Waals surface area contributed by atoms with Gasteiger partial charge in [0.25, 0.3) is 0 Å². The van der Waals surface area contributed by atoms with Crippen molar-refractivity contribution in [3.8, 4) is 0 Å². The molecule has 14 atom stereocenters. The summed E-state index contributed by atoms with van der Waals surface area (Å²) in [6.07, 6.45) is 17.7. The van der Waals surface area contributed by atoms with Gasteiger partial charge in [0.15, 0.2) is 11.6 Å². The second-order valence-electron chi connectivity index (χ2n) is 21.2. The van der Waals surface area contributed by atoms with Crippen molar-refractivity contribution in [2.24, 2.45) is 57.2 Å². The van der Waals surface area contributed by atoms with E-state index in [9.17, 15) is 28.8 Å². The highest BCUT2D eigenvalue weighted by atomic mass is 16.6. The first-order valence-electron chi connectivity index (χ1n) is 22.4. The van der Waals surface area contributed by atoms with Crippen molar-refractivity contribution in [2.75, 3.05) is 14.2 Å². The Kier molecular flexibility index (Phi) is 8.53. The number of carbonyl (C=O) groups is 6. The van der Waals surface area contributed by atoms with Crippen LogP contribution in [-0.2, 0) is 52.5 Å². The Balaban J connectivity index is 0.000000143. The van der Waals surface area contributed by atoms with Gasteiger partial charge in [0, 0.05) is 53.3 Å². The fraction of sp³-hybridized carbons (Fsp3) is 0.750. The normalized spacial score (nSPS) is 49.5. The van der Waals surface area contributed by atoms with Gasteiger partial charge < -0.3 is 23.7 Å². The summed E-state index contributed by atoms with van der Waals surface area (Å²) in [6, 6.07) is 0. The molecule has 11 rings (SSSR count). The third-order valence-corrected chi connectivity index (χ3v) is 19.4. The van der Waals surface area contributed by atoms with Gasteiger partial charge in [0.05, 0.1) is 32.2 Å². The van der Waals surface area contributed by atoms with Gasteiger partial charge >= 0.3 is 23.9 Å². The van der Waals surface area contributed by atoms with E-state index in [1.54, 1.807) is 12.2 Å². The summed E-state index contributed by atoms with van der Waals surface area (Å²) in [4.78, 5) is 74.5. The Labute approximate surface area is 346 Å². The predicted molar refractivity (Wildman–Crippen MR) is 211 cm³/mol. The van der Waals surface area contributed by atoms with Crippen LogP contribution >= 0.6 is 0 Å². The van der Waals surface area contributed by atoms with Crippen LogP contribution in [-0.4, -0.2) is 72.6 Å². The van der Waals surface area contributed by atoms with Gasteiger partial charge in [-0.15, -0.1) is 0 Å². The van der Waals surface area contributed by atoms with Crippen LogP contribution in [0.25, 0.3) is 0 Å². The molecule has 3 heterocycles. The number of ether oxygens (including phenoxy) is 5. The molecular formula is C48H60O11. The first-order valence-corrected chi connectivity index (χ1v) is 22.4. The van der Waals surface area contributed by atoms with Gasteiger partial charge in [-0.3, -0.25) is 28.8 Å². The smallest absolute Gasteiger partial charge is 0.309 e. The van der Waals surface area contributed by atoms with Gasteiger partial charge in [-0.05, 0) is 107 Å². The van der Waals surface area contributed by atoms with Gasteiger partial charge in [0.2, 0.25) is 0 Å². The highest BCUT2D eigenvalue weighted by Gasteiger charge is 2.83. The molecule has 11 nitrogen and oxygen atoms in total. The minimum atomic E-state index is -0.424. The zero-order chi connectivity index (χ0) is 41.7. The molecule has 5 saturated carbocycles. The quantitative estimate of drug-likeness (QED) is 0.122. The molecule has 3 spiro atoms. The predicted octanol–water partition coefficient (Wildman–Crippen LogP) is 7.04. The molecule has 0 amide bonds. The molecule has 0 unspecified atom stereocenters. The number of rotatable bonds is 2. The number of hydrogen-bond donors (Lipinski definition) is 0. The lowest BCUT2D eigenvalue weighted by Gasteiger charge is -2.58. The fourth-order valence-corrected chi connectivity index (χ4v) is 16.2. The average Bonchev–Trinajstić information content (AvgIpc) is 3.43. The lowest BCUT2D eigenvalue weighted by molar-refractivity contribution is -0.172. The van der Waals surface area contributed by atoms with Gasteiger partial charge in [-0.1, -0.05) is 50.5 Å². The van der Waals surface area contributed by atoms with E-state index < -0.39 is 16.8 Å². The topological polar surface area (TPSA) is 152 Å². The minimum absolute atomic E-state index is 0.0303. The van der Waals surface area contributed by atoms with E-state index in [2.05, 4.69) is 33.8 Å². The monoisotopic (exact) mass is 812 g/mol. The zero-order valence-corrected chi connectivity index (χ0v) is 35.6. The van der Waals surface area contributed by atoms with E-state index in [4.69, 9.17) is 23.7 Å². The van der Waals surface area contributed by atoms with Crippen molar-refractivity contribution in [3.63, 3.8) is 0 Å². The Morgan fingerprint density at radius 2 is 1.25 bits per heavy atom. The highest BCUT2D eigenvalue weighted by molar-refractivity contribution is 5.93. The molecule has 318 valence electrons. The third kappa shape index (κ3) is 4.97. The number of ketones is 2. The Morgan fingerprint density at radius 1 is 0.678 bits per heavy atom. The summed E-state index contributed by atoms with van der Waals surface area (Å²) in [6.45, 7) is 9.03. The van der Waals surface area contributed by atoms with E-state index in [0.717, 1.165) is 75.4 Å². The van der Waals surface area contributed by atoms with Crippen molar-refractivity contribution >= 4 is 35.4 Å². The summed E-state index contributed by atoms with van der Waals surface area (Å²) in [5, 5.41) is 0. The average molecular weight is 813 g/mol. The van der Waals surface area contributed by atoms with E-state index in [1.165, 1.54) is 19.8 Å². The number of hydrogen-bond acceptors (Lipinski definition) is 11. The molecule has 0 aromatic carbocycles. The van der Waals surface area contributed by atoms with Crippen LogP contribution in [0.15, 0.2) is 34.9 Å². The van der Waals surface area contributed by atoms with Crippen LogP contribution in [0.1, 0.15) is 130 Å². The van der Waals surface area contributed by atoms with Crippen LogP contribution in [0.2, 0.25) is 0 Å². The standard InChI is InChI=1S/C24H30O6.C24H30O5/c1-21-7-4-14(25)10-13(21)11-15(20(27)28-3)19-16-5-8-23(9-6-18(26)30-23)22(16,2)12-17-24(19,21)29-17;1-22-8-4-15(25)12-14(22)13-16(21(27)28-3)20-17(22)5-9-23(2)18(20)6-10-24(23)11-7-19(26)29-24/h10,15-17,19H,4-9,11-12H2,1-3H3;5,12,16,18,20H,4,6-11,13H2,1-3H3/t15-,16+,17-,19+,21+,22+,23-,24-;16-,18+,20-,22+,23+,24-/m11/s1. The van der Waals surface area contributed by atoms with Crippen molar-refractivity contribution in [1.82, 2.24) is 0 Å². The second kappa shape index (κ2) is 12.7. The number of carbonyl (C=O) groups excluding carboxylic acids is 6. The van der Waals surface area contributed by atoms with Crippen molar-refractivity contribution in [2.45, 2.75) is 153 Å².